The highest BCUT2D eigenvalue weighted by molar-refractivity contribution is 7.99. The second kappa shape index (κ2) is 7.23. The van der Waals surface area contributed by atoms with Crippen molar-refractivity contribution in [3.8, 4) is 11.5 Å². The van der Waals surface area contributed by atoms with E-state index in [1.165, 1.54) is 11.8 Å². The van der Waals surface area contributed by atoms with Crippen molar-refractivity contribution >= 4 is 34.4 Å². The second-order valence-corrected chi connectivity index (χ2v) is 7.72. The normalized spacial score (nSPS) is 12.7. The number of thioether (sulfide) groups is 1. The fraction of sp³-hybridized carbons (Fsp3) is 0.316. The lowest BCUT2D eigenvalue weighted by Crippen LogP contribution is -2.25. The molecule has 0 atom stereocenters. The summed E-state index contributed by atoms with van der Waals surface area (Å²) in [6, 6.07) is 6.99. The first-order chi connectivity index (χ1) is 13.4. The van der Waals surface area contributed by atoms with Crippen LogP contribution in [0.3, 0.4) is 0 Å². The fourth-order valence-electron chi connectivity index (χ4n) is 3.05. The van der Waals surface area contributed by atoms with Crippen molar-refractivity contribution in [2.24, 2.45) is 0 Å². The molecule has 0 fully saturated rings. The number of nitrogens with one attached hydrogen (secondary N) is 2. The Morgan fingerprint density at radius 3 is 2.89 bits per heavy atom. The molecule has 2 aromatic heterocycles. The fourth-order valence-corrected chi connectivity index (χ4v) is 3.98. The van der Waals surface area contributed by atoms with E-state index in [0.717, 1.165) is 5.69 Å². The van der Waals surface area contributed by atoms with Gasteiger partial charge in [0.1, 0.15) is 5.52 Å². The predicted molar refractivity (Wildman–Crippen MR) is 107 cm³/mol. The van der Waals surface area contributed by atoms with E-state index in [4.69, 9.17) is 9.47 Å². The quantitative estimate of drug-likeness (QED) is 0.505. The van der Waals surface area contributed by atoms with Gasteiger partial charge >= 0.3 is 0 Å². The third-order valence-electron chi connectivity index (χ3n) is 4.29. The van der Waals surface area contributed by atoms with E-state index in [-0.39, 0.29) is 30.1 Å². The van der Waals surface area contributed by atoms with Gasteiger partial charge in [-0.1, -0.05) is 11.8 Å². The van der Waals surface area contributed by atoms with Gasteiger partial charge in [0.15, 0.2) is 16.7 Å². The predicted octanol–water partition coefficient (Wildman–Crippen LogP) is 3.07. The van der Waals surface area contributed by atoms with Crippen LogP contribution in [0.1, 0.15) is 25.6 Å². The van der Waals surface area contributed by atoms with Crippen molar-refractivity contribution in [1.82, 2.24) is 14.5 Å². The molecule has 0 bridgehead atoms. The number of H-pyrrole nitrogens is 1. The maximum atomic E-state index is 12.8. The Bertz CT molecular complexity index is 1120. The van der Waals surface area contributed by atoms with Crippen molar-refractivity contribution < 1.29 is 14.3 Å². The van der Waals surface area contributed by atoms with Crippen LogP contribution in [0.5, 0.6) is 11.5 Å². The van der Waals surface area contributed by atoms with E-state index in [1.54, 1.807) is 22.8 Å². The zero-order chi connectivity index (χ0) is 19.8. The van der Waals surface area contributed by atoms with Gasteiger partial charge in [0.2, 0.25) is 12.7 Å². The number of fused-ring (bicyclic) bond motifs is 2. The summed E-state index contributed by atoms with van der Waals surface area (Å²) in [4.78, 5) is 32.8. The average molecular weight is 400 g/mol. The number of hydrogen-bond acceptors (Lipinski definition) is 6. The molecule has 3 aromatic rings. The number of ether oxygens (including phenoxy) is 2. The smallest absolute Gasteiger partial charge is 0.278 e. The van der Waals surface area contributed by atoms with E-state index in [0.29, 0.717) is 33.4 Å². The zero-order valence-electron chi connectivity index (χ0n) is 15.7. The Kier molecular flexibility index (Phi) is 4.76. The van der Waals surface area contributed by atoms with Gasteiger partial charge in [-0.15, -0.1) is 0 Å². The lowest BCUT2D eigenvalue weighted by molar-refractivity contribution is -0.113. The van der Waals surface area contributed by atoms with Gasteiger partial charge in [0, 0.05) is 23.5 Å². The van der Waals surface area contributed by atoms with Crippen LogP contribution >= 0.6 is 11.8 Å². The first kappa shape index (κ1) is 18.4. The molecule has 1 aliphatic heterocycles. The van der Waals surface area contributed by atoms with Crippen molar-refractivity contribution in [1.29, 1.82) is 0 Å². The Balaban J connectivity index is 1.52. The summed E-state index contributed by atoms with van der Waals surface area (Å²) in [6.45, 7) is 5.90. The lowest BCUT2D eigenvalue weighted by atomic mass is 10.3. The van der Waals surface area contributed by atoms with Crippen LogP contribution in [0.4, 0.5) is 5.69 Å². The molecule has 0 aliphatic carbocycles. The van der Waals surface area contributed by atoms with Gasteiger partial charge < -0.3 is 19.8 Å². The van der Waals surface area contributed by atoms with E-state index in [2.05, 4.69) is 15.3 Å². The maximum Gasteiger partial charge on any atom is 0.278 e. The SMILES string of the molecule is Cc1cc2nc(SCC(=O)Nc3ccc4c(c3)OCO4)n(C(C)C)c(=O)c2[nH]1. The standard InChI is InChI=1S/C19H20N4O4S/c1-10(2)23-18(25)17-13(6-11(3)20-17)22-19(23)28-8-16(24)21-12-4-5-14-15(7-12)27-9-26-14/h4-7,10,20H,8-9H2,1-3H3,(H,21,24). The Hall–Kier alpha value is -2.94. The van der Waals surface area contributed by atoms with Crippen LogP contribution in [0.15, 0.2) is 34.2 Å². The summed E-state index contributed by atoms with van der Waals surface area (Å²) in [5.41, 5.74) is 2.46. The highest BCUT2D eigenvalue weighted by atomic mass is 32.2. The number of benzene rings is 1. The van der Waals surface area contributed by atoms with E-state index < -0.39 is 0 Å². The number of carbonyl (C=O) groups is 1. The molecule has 1 aliphatic rings. The van der Waals surface area contributed by atoms with Gasteiger partial charge in [-0.05, 0) is 39.0 Å². The van der Waals surface area contributed by atoms with Gasteiger partial charge in [0.25, 0.3) is 5.56 Å². The zero-order valence-corrected chi connectivity index (χ0v) is 16.6. The van der Waals surface area contributed by atoms with Crippen LogP contribution in [0, 0.1) is 6.92 Å². The Morgan fingerprint density at radius 1 is 1.32 bits per heavy atom. The number of carbonyl (C=O) groups excluding carboxylic acids is 1. The molecule has 0 saturated heterocycles. The molecule has 4 rings (SSSR count). The molecule has 0 radical (unpaired) electrons. The molecule has 0 unspecified atom stereocenters. The van der Waals surface area contributed by atoms with Crippen LogP contribution in [0.2, 0.25) is 0 Å². The van der Waals surface area contributed by atoms with Crippen molar-refractivity contribution in [3.63, 3.8) is 0 Å². The molecular weight excluding hydrogens is 380 g/mol. The van der Waals surface area contributed by atoms with Crippen LogP contribution < -0.4 is 20.3 Å². The van der Waals surface area contributed by atoms with Crippen molar-refractivity contribution in [3.05, 3.63) is 40.3 Å². The number of amides is 1. The number of aromatic amines is 1. The van der Waals surface area contributed by atoms with E-state index in [9.17, 15) is 9.59 Å². The topological polar surface area (TPSA) is 98.2 Å². The van der Waals surface area contributed by atoms with Gasteiger partial charge in [-0.25, -0.2) is 4.98 Å². The highest BCUT2D eigenvalue weighted by Crippen LogP contribution is 2.34. The van der Waals surface area contributed by atoms with Crippen LogP contribution in [0.25, 0.3) is 11.0 Å². The molecule has 3 heterocycles. The number of aryl methyl sites for hydroxylation is 1. The number of hydrogen-bond donors (Lipinski definition) is 2. The molecular formula is C19H20N4O4S. The lowest BCUT2D eigenvalue weighted by Gasteiger charge is -2.15. The molecule has 0 spiro atoms. The summed E-state index contributed by atoms with van der Waals surface area (Å²) in [5, 5.41) is 3.35. The molecule has 2 N–H and O–H groups in total. The minimum Gasteiger partial charge on any atom is -0.454 e. The minimum absolute atomic E-state index is 0.0765. The monoisotopic (exact) mass is 400 g/mol. The molecule has 9 heteroatoms. The van der Waals surface area contributed by atoms with E-state index >= 15 is 0 Å². The summed E-state index contributed by atoms with van der Waals surface area (Å²) in [7, 11) is 0. The molecule has 1 aromatic carbocycles. The Morgan fingerprint density at radius 2 is 2.11 bits per heavy atom. The van der Waals surface area contributed by atoms with Crippen LogP contribution in [-0.4, -0.2) is 33.0 Å². The number of nitrogens with zero attached hydrogens (tertiary/aromatic N) is 2. The first-order valence-electron chi connectivity index (χ1n) is 8.86. The van der Waals surface area contributed by atoms with Crippen molar-refractivity contribution in [2.75, 3.05) is 17.9 Å². The maximum absolute atomic E-state index is 12.8. The summed E-state index contributed by atoms with van der Waals surface area (Å²) in [5.74, 6) is 1.20. The molecule has 146 valence electrons. The summed E-state index contributed by atoms with van der Waals surface area (Å²) < 4.78 is 12.2. The molecule has 8 nitrogen and oxygen atoms in total. The van der Waals surface area contributed by atoms with Gasteiger partial charge in [-0.3, -0.25) is 14.2 Å². The van der Waals surface area contributed by atoms with Crippen LogP contribution in [-0.2, 0) is 4.79 Å². The molecule has 28 heavy (non-hydrogen) atoms. The number of rotatable bonds is 5. The second-order valence-electron chi connectivity index (χ2n) is 6.78. The van der Waals surface area contributed by atoms with Gasteiger partial charge in [-0.2, -0.15) is 0 Å². The van der Waals surface area contributed by atoms with Crippen molar-refractivity contribution in [2.45, 2.75) is 32.0 Å². The third-order valence-corrected chi connectivity index (χ3v) is 5.24. The highest BCUT2D eigenvalue weighted by Gasteiger charge is 2.18. The molecule has 0 saturated carbocycles. The summed E-state index contributed by atoms with van der Waals surface area (Å²) >= 11 is 1.24. The number of anilines is 1. The average Bonchev–Trinajstić information content (AvgIpc) is 3.25. The largest absolute Gasteiger partial charge is 0.454 e. The third kappa shape index (κ3) is 3.45. The van der Waals surface area contributed by atoms with Gasteiger partial charge in [0.05, 0.1) is 11.3 Å². The number of aromatic nitrogens is 3. The Labute approximate surface area is 165 Å². The van der Waals surface area contributed by atoms with E-state index in [1.807, 2.05) is 26.8 Å². The molecule has 1 amide bonds. The summed E-state index contributed by atoms with van der Waals surface area (Å²) in [6.07, 6.45) is 0. The minimum atomic E-state index is -0.196. The first-order valence-corrected chi connectivity index (χ1v) is 9.85.